The molecular formula is C24H34N2O2. The van der Waals surface area contributed by atoms with Gasteiger partial charge in [-0.2, -0.15) is 0 Å². The van der Waals surface area contributed by atoms with Crippen molar-refractivity contribution in [2.24, 2.45) is 5.92 Å². The van der Waals surface area contributed by atoms with Gasteiger partial charge in [0.2, 0.25) is 11.8 Å². The lowest BCUT2D eigenvalue weighted by Crippen LogP contribution is -2.50. The molecule has 2 amide bonds. The molecule has 0 atom stereocenters. The van der Waals surface area contributed by atoms with Crippen LogP contribution in [0, 0.1) is 5.92 Å². The summed E-state index contributed by atoms with van der Waals surface area (Å²) in [6.07, 6.45) is 11.5. The van der Waals surface area contributed by atoms with Crippen LogP contribution in [0.25, 0.3) is 0 Å². The minimum absolute atomic E-state index is 0.214. The van der Waals surface area contributed by atoms with Crippen molar-refractivity contribution in [2.75, 3.05) is 13.1 Å². The van der Waals surface area contributed by atoms with Gasteiger partial charge in [0.1, 0.15) is 0 Å². The molecule has 1 saturated heterocycles. The highest BCUT2D eigenvalue weighted by Gasteiger charge is 2.44. The van der Waals surface area contributed by atoms with Crippen LogP contribution in [0.2, 0.25) is 0 Å². The standard InChI is InChI=1S/C24H34N2O2/c27-22(25-21-10-11-21)12-9-19-13-17-26(18-14-19)23(28)24(15-5-2-6-16-24)20-7-3-1-4-8-20/h1,3-4,7-8,19,21H,2,5-6,9-18H2,(H,25,27). The van der Waals surface area contributed by atoms with Gasteiger partial charge in [-0.15, -0.1) is 0 Å². The van der Waals surface area contributed by atoms with E-state index in [1.165, 1.54) is 12.0 Å². The fourth-order valence-electron chi connectivity index (χ4n) is 5.13. The van der Waals surface area contributed by atoms with Crippen molar-refractivity contribution in [1.82, 2.24) is 10.2 Å². The molecule has 0 spiro atoms. The average Bonchev–Trinajstić information content (AvgIpc) is 3.57. The van der Waals surface area contributed by atoms with E-state index in [2.05, 4.69) is 34.5 Å². The van der Waals surface area contributed by atoms with Gasteiger partial charge in [-0.3, -0.25) is 9.59 Å². The molecule has 2 aliphatic carbocycles. The Morgan fingerprint density at radius 3 is 2.29 bits per heavy atom. The van der Waals surface area contributed by atoms with Gasteiger partial charge >= 0.3 is 0 Å². The van der Waals surface area contributed by atoms with Crippen LogP contribution < -0.4 is 5.32 Å². The first-order valence-corrected chi connectivity index (χ1v) is 11.3. The third-order valence-electron chi connectivity index (χ3n) is 7.07. The zero-order chi connectivity index (χ0) is 19.4. The normalized spacial score (nSPS) is 22.6. The zero-order valence-electron chi connectivity index (χ0n) is 17.0. The van der Waals surface area contributed by atoms with Gasteiger partial charge in [-0.05, 0) is 56.4 Å². The van der Waals surface area contributed by atoms with E-state index in [0.29, 0.717) is 24.3 Å². The molecule has 1 heterocycles. The third kappa shape index (κ3) is 4.42. The van der Waals surface area contributed by atoms with Gasteiger partial charge in [-0.1, -0.05) is 49.6 Å². The Morgan fingerprint density at radius 1 is 0.964 bits per heavy atom. The molecule has 3 aliphatic rings. The van der Waals surface area contributed by atoms with Crippen LogP contribution in [0.4, 0.5) is 0 Å². The Bertz CT molecular complexity index is 669. The topological polar surface area (TPSA) is 49.4 Å². The summed E-state index contributed by atoms with van der Waals surface area (Å²) in [5.74, 6) is 1.14. The molecule has 2 saturated carbocycles. The molecule has 28 heavy (non-hydrogen) atoms. The van der Waals surface area contributed by atoms with E-state index in [9.17, 15) is 9.59 Å². The number of nitrogens with zero attached hydrogens (tertiary/aromatic N) is 1. The predicted octanol–water partition coefficient (Wildman–Crippen LogP) is 4.19. The largest absolute Gasteiger partial charge is 0.353 e. The maximum absolute atomic E-state index is 13.6. The van der Waals surface area contributed by atoms with Crippen molar-refractivity contribution in [1.29, 1.82) is 0 Å². The van der Waals surface area contributed by atoms with E-state index in [4.69, 9.17) is 0 Å². The molecule has 1 aliphatic heterocycles. The van der Waals surface area contributed by atoms with Crippen molar-refractivity contribution in [2.45, 2.75) is 82.1 Å². The Kier molecular flexibility index (Phi) is 6.03. The first-order valence-electron chi connectivity index (χ1n) is 11.3. The molecule has 3 fully saturated rings. The minimum atomic E-state index is -0.309. The van der Waals surface area contributed by atoms with Gasteiger partial charge in [-0.25, -0.2) is 0 Å². The molecule has 4 rings (SSSR count). The van der Waals surface area contributed by atoms with E-state index >= 15 is 0 Å². The lowest BCUT2D eigenvalue weighted by atomic mass is 9.68. The summed E-state index contributed by atoms with van der Waals surface area (Å²) < 4.78 is 0. The number of carbonyl (C=O) groups is 2. The fourth-order valence-corrected chi connectivity index (χ4v) is 5.13. The predicted molar refractivity (Wildman–Crippen MR) is 111 cm³/mol. The average molecular weight is 383 g/mol. The molecule has 0 bridgehead atoms. The lowest BCUT2D eigenvalue weighted by molar-refractivity contribution is -0.140. The SMILES string of the molecule is O=C(CCC1CCN(C(=O)C2(c3ccccc3)CCCCC2)CC1)NC1CC1. The second-order valence-electron chi connectivity index (χ2n) is 9.12. The summed E-state index contributed by atoms with van der Waals surface area (Å²) in [6, 6.07) is 10.9. The zero-order valence-corrected chi connectivity index (χ0v) is 17.0. The molecule has 1 aromatic rings. The van der Waals surface area contributed by atoms with Crippen LogP contribution in [0.5, 0.6) is 0 Å². The van der Waals surface area contributed by atoms with Crippen molar-refractivity contribution in [3.05, 3.63) is 35.9 Å². The minimum Gasteiger partial charge on any atom is -0.353 e. The quantitative estimate of drug-likeness (QED) is 0.802. The van der Waals surface area contributed by atoms with E-state index < -0.39 is 0 Å². The summed E-state index contributed by atoms with van der Waals surface area (Å²) in [4.78, 5) is 27.7. The number of rotatable bonds is 6. The van der Waals surface area contributed by atoms with Crippen LogP contribution >= 0.6 is 0 Å². The number of piperidine rings is 1. The Labute approximate surface area is 169 Å². The molecule has 4 nitrogen and oxygen atoms in total. The maximum Gasteiger partial charge on any atom is 0.233 e. The molecule has 1 N–H and O–H groups in total. The molecule has 0 unspecified atom stereocenters. The van der Waals surface area contributed by atoms with Gasteiger partial charge in [0.25, 0.3) is 0 Å². The van der Waals surface area contributed by atoms with Crippen molar-refractivity contribution < 1.29 is 9.59 Å². The van der Waals surface area contributed by atoms with Gasteiger partial charge in [0.15, 0.2) is 0 Å². The molecular weight excluding hydrogens is 348 g/mol. The number of nitrogens with one attached hydrogen (secondary N) is 1. The summed E-state index contributed by atoms with van der Waals surface area (Å²) in [5.41, 5.74) is 0.898. The maximum atomic E-state index is 13.6. The van der Waals surface area contributed by atoms with Gasteiger partial charge in [0, 0.05) is 25.6 Å². The number of benzene rings is 1. The Balaban J connectivity index is 1.33. The van der Waals surface area contributed by atoms with E-state index in [1.807, 2.05) is 6.07 Å². The first-order chi connectivity index (χ1) is 13.7. The van der Waals surface area contributed by atoms with E-state index in [1.54, 1.807) is 0 Å². The van der Waals surface area contributed by atoms with Crippen LogP contribution in [0.1, 0.15) is 76.2 Å². The van der Waals surface area contributed by atoms with Gasteiger partial charge < -0.3 is 10.2 Å². The van der Waals surface area contributed by atoms with Crippen LogP contribution in [-0.4, -0.2) is 35.8 Å². The fraction of sp³-hybridized carbons (Fsp3) is 0.667. The summed E-state index contributed by atoms with van der Waals surface area (Å²) in [7, 11) is 0. The first kappa shape index (κ1) is 19.5. The second kappa shape index (κ2) is 8.67. The highest BCUT2D eigenvalue weighted by Crippen LogP contribution is 2.41. The van der Waals surface area contributed by atoms with Crippen LogP contribution in [0.3, 0.4) is 0 Å². The molecule has 1 aromatic carbocycles. The van der Waals surface area contributed by atoms with Crippen LogP contribution in [-0.2, 0) is 15.0 Å². The number of hydrogen-bond donors (Lipinski definition) is 1. The molecule has 0 radical (unpaired) electrons. The number of amides is 2. The lowest BCUT2D eigenvalue weighted by Gasteiger charge is -2.42. The summed E-state index contributed by atoms with van der Waals surface area (Å²) in [6.45, 7) is 1.70. The summed E-state index contributed by atoms with van der Waals surface area (Å²) >= 11 is 0. The number of likely N-dealkylation sites (tertiary alicyclic amines) is 1. The third-order valence-corrected chi connectivity index (χ3v) is 7.07. The van der Waals surface area contributed by atoms with Gasteiger partial charge in [0.05, 0.1) is 5.41 Å². The van der Waals surface area contributed by atoms with Crippen LogP contribution in [0.15, 0.2) is 30.3 Å². The molecule has 152 valence electrons. The monoisotopic (exact) mass is 382 g/mol. The number of carbonyl (C=O) groups excluding carboxylic acids is 2. The number of hydrogen-bond acceptors (Lipinski definition) is 2. The van der Waals surface area contributed by atoms with E-state index in [0.717, 1.165) is 70.9 Å². The Hall–Kier alpha value is -1.84. The van der Waals surface area contributed by atoms with Crippen molar-refractivity contribution >= 4 is 11.8 Å². The van der Waals surface area contributed by atoms with Crippen molar-refractivity contribution in [3.63, 3.8) is 0 Å². The Morgan fingerprint density at radius 2 is 1.64 bits per heavy atom. The molecule has 4 heteroatoms. The molecule has 0 aromatic heterocycles. The highest BCUT2D eigenvalue weighted by atomic mass is 16.2. The van der Waals surface area contributed by atoms with E-state index in [-0.39, 0.29) is 11.3 Å². The second-order valence-corrected chi connectivity index (χ2v) is 9.12. The summed E-state index contributed by atoms with van der Waals surface area (Å²) in [5, 5.41) is 3.08. The smallest absolute Gasteiger partial charge is 0.233 e. The highest BCUT2D eigenvalue weighted by molar-refractivity contribution is 5.88. The van der Waals surface area contributed by atoms with Crippen molar-refractivity contribution in [3.8, 4) is 0 Å².